The zero-order chi connectivity index (χ0) is 13.7. The summed E-state index contributed by atoms with van der Waals surface area (Å²) in [5, 5.41) is 10.1. The van der Waals surface area contributed by atoms with Crippen molar-refractivity contribution in [2.24, 2.45) is 0 Å². The number of hydrogen-bond donors (Lipinski definition) is 1. The number of carbonyl (C=O) groups is 1. The van der Waals surface area contributed by atoms with Crippen molar-refractivity contribution in [3.8, 4) is 5.75 Å². The Morgan fingerprint density at radius 2 is 2.21 bits per heavy atom. The minimum atomic E-state index is -0.371. The molecule has 1 N–H and O–H groups in total. The third-order valence-corrected chi connectivity index (χ3v) is 3.23. The molecule has 0 aliphatic heterocycles. The van der Waals surface area contributed by atoms with Crippen molar-refractivity contribution in [2.75, 3.05) is 6.61 Å². The summed E-state index contributed by atoms with van der Waals surface area (Å²) in [4.78, 5) is 16.5. The van der Waals surface area contributed by atoms with Crippen LogP contribution in [0.2, 0.25) is 0 Å². The predicted octanol–water partition coefficient (Wildman–Crippen LogP) is 3.12. The van der Waals surface area contributed by atoms with Gasteiger partial charge < -0.3 is 9.84 Å². The maximum atomic E-state index is 11.5. The maximum absolute atomic E-state index is 11.5. The number of aromatic nitrogens is 1. The number of phenols is 1. The Hall–Kier alpha value is -2.01. The maximum Gasteiger partial charge on any atom is 0.339 e. The Morgan fingerprint density at radius 1 is 1.37 bits per heavy atom. The number of ether oxygens (including phenoxy) is 1. The lowest BCUT2D eigenvalue weighted by Gasteiger charge is -2.03. The first-order valence-electron chi connectivity index (χ1n) is 5.79. The van der Waals surface area contributed by atoms with Crippen molar-refractivity contribution in [1.82, 2.24) is 4.98 Å². The van der Waals surface area contributed by atoms with E-state index in [1.807, 2.05) is 6.07 Å². The number of nitrogens with zero attached hydrogens (tertiary/aromatic N) is 1. The summed E-state index contributed by atoms with van der Waals surface area (Å²) in [5.74, 6) is -0.156. The van der Waals surface area contributed by atoms with Crippen LogP contribution in [0.3, 0.4) is 0 Å². The van der Waals surface area contributed by atoms with E-state index in [0.717, 1.165) is 9.92 Å². The van der Waals surface area contributed by atoms with Crippen molar-refractivity contribution >= 4 is 17.7 Å². The smallest absolute Gasteiger partial charge is 0.339 e. The Bertz CT molecular complexity index is 569. The van der Waals surface area contributed by atoms with Gasteiger partial charge in [0, 0.05) is 11.1 Å². The summed E-state index contributed by atoms with van der Waals surface area (Å²) >= 11 is 1.41. The van der Waals surface area contributed by atoms with Crippen molar-refractivity contribution in [3.05, 3.63) is 48.2 Å². The van der Waals surface area contributed by atoms with E-state index >= 15 is 0 Å². The first-order valence-corrected chi connectivity index (χ1v) is 6.60. The molecule has 2 rings (SSSR count). The fraction of sp³-hybridized carbons (Fsp3) is 0.143. The summed E-state index contributed by atoms with van der Waals surface area (Å²) in [6.07, 6.45) is 1.49. The molecule has 0 amide bonds. The number of benzene rings is 1. The summed E-state index contributed by atoms with van der Waals surface area (Å²) in [6.45, 7) is 2.11. The van der Waals surface area contributed by atoms with E-state index in [-0.39, 0.29) is 11.7 Å². The molecule has 1 aromatic heterocycles. The molecular formula is C14H13NO3S. The van der Waals surface area contributed by atoms with Gasteiger partial charge in [-0.3, -0.25) is 0 Å². The van der Waals surface area contributed by atoms with Gasteiger partial charge in [-0.1, -0.05) is 17.8 Å². The predicted molar refractivity (Wildman–Crippen MR) is 72.4 cm³/mol. The Morgan fingerprint density at radius 3 is 2.84 bits per heavy atom. The highest BCUT2D eigenvalue weighted by atomic mass is 32.2. The molecule has 0 aliphatic carbocycles. The molecule has 4 nitrogen and oxygen atoms in total. The monoisotopic (exact) mass is 275 g/mol. The van der Waals surface area contributed by atoms with Gasteiger partial charge in [-0.15, -0.1) is 0 Å². The van der Waals surface area contributed by atoms with Crippen molar-refractivity contribution in [1.29, 1.82) is 0 Å². The van der Waals surface area contributed by atoms with Crippen LogP contribution in [-0.4, -0.2) is 22.7 Å². The van der Waals surface area contributed by atoms with Crippen LogP contribution in [0, 0.1) is 0 Å². The molecule has 0 saturated carbocycles. The lowest BCUT2D eigenvalue weighted by Crippen LogP contribution is -2.04. The van der Waals surface area contributed by atoms with Crippen molar-refractivity contribution < 1.29 is 14.6 Å². The average molecular weight is 275 g/mol. The van der Waals surface area contributed by atoms with E-state index in [0.29, 0.717) is 12.2 Å². The van der Waals surface area contributed by atoms with E-state index in [1.165, 1.54) is 18.0 Å². The standard InChI is InChI=1S/C14H13NO3S/c1-2-18-14(17)10-6-7-13(15-9-10)19-12-5-3-4-11(16)8-12/h3-9,16H,2H2,1H3. The topological polar surface area (TPSA) is 59.4 Å². The van der Waals surface area contributed by atoms with Gasteiger partial charge in [0.05, 0.1) is 12.2 Å². The second-order valence-corrected chi connectivity index (χ2v) is 4.80. The van der Waals surface area contributed by atoms with Crippen LogP contribution >= 0.6 is 11.8 Å². The normalized spacial score (nSPS) is 10.2. The van der Waals surface area contributed by atoms with E-state index in [1.54, 1.807) is 37.3 Å². The number of carbonyl (C=O) groups excluding carboxylic acids is 1. The SMILES string of the molecule is CCOC(=O)c1ccc(Sc2cccc(O)c2)nc1. The number of pyridine rings is 1. The molecule has 0 atom stereocenters. The molecule has 0 spiro atoms. The molecule has 0 radical (unpaired) electrons. The summed E-state index contributed by atoms with van der Waals surface area (Å²) < 4.78 is 4.88. The largest absolute Gasteiger partial charge is 0.508 e. The van der Waals surface area contributed by atoms with Gasteiger partial charge in [0.25, 0.3) is 0 Å². The first-order chi connectivity index (χ1) is 9.19. The molecule has 98 valence electrons. The number of rotatable bonds is 4. The minimum Gasteiger partial charge on any atom is -0.508 e. The molecule has 0 saturated heterocycles. The third-order valence-electron chi connectivity index (χ3n) is 2.29. The third kappa shape index (κ3) is 3.72. The van der Waals surface area contributed by atoms with Gasteiger partial charge in [0.15, 0.2) is 0 Å². The van der Waals surface area contributed by atoms with Crippen LogP contribution in [0.15, 0.2) is 52.5 Å². The van der Waals surface area contributed by atoms with Gasteiger partial charge in [0.1, 0.15) is 10.8 Å². The summed E-state index contributed by atoms with van der Waals surface area (Å²) in [5.41, 5.74) is 0.433. The molecule has 1 heterocycles. The summed E-state index contributed by atoms with van der Waals surface area (Å²) in [7, 11) is 0. The number of esters is 1. The van der Waals surface area contributed by atoms with E-state index in [9.17, 15) is 9.90 Å². The van der Waals surface area contributed by atoms with Gasteiger partial charge in [-0.25, -0.2) is 9.78 Å². The molecule has 0 unspecified atom stereocenters. The van der Waals surface area contributed by atoms with Crippen LogP contribution in [-0.2, 0) is 4.74 Å². The van der Waals surface area contributed by atoms with E-state index in [2.05, 4.69) is 4.98 Å². The zero-order valence-corrected chi connectivity index (χ0v) is 11.2. The van der Waals surface area contributed by atoms with Crippen LogP contribution in [0.25, 0.3) is 0 Å². The fourth-order valence-corrected chi connectivity index (χ4v) is 2.25. The average Bonchev–Trinajstić information content (AvgIpc) is 2.40. The van der Waals surface area contributed by atoms with Gasteiger partial charge >= 0.3 is 5.97 Å². The lowest BCUT2D eigenvalue weighted by molar-refractivity contribution is 0.0525. The highest BCUT2D eigenvalue weighted by Gasteiger charge is 2.07. The van der Waals surface area contributed by atoms with Crippen LogP contribution in [0.5, 0.6) is 5.75 Å². The number of hydrogen-bond acceptors (Lipinski definition) is 5. The zero-order valence-electron chi connectivity index (χ0n) is 10.4. The second-order valence-electron chi connectivity index (χ2n) is 3.70. The minimum absolute atomic E-state index is 0.216. The summed E-state index contributed by atoms with van der Waals surface area (Å²) in [6, 6.07) is 10.3. The molecule has 0 fully saturated rings. The van der Waals surface area contributed by atoms with Crippen molar-refractivity contribution in [3.63, 3.8) is 0 Å². The number of aromatic hydroxyl groups is 1. The quantitative estimate of drug-likeness (QED) is 0.869. The van der Waals surface area contributed by atoms with Crippen molar-refractivity contribution in [2.45, 2.75) is 16.8 Å². The van der Waals surface area contributed by atoms with Gasteiger partial charge in [0.2, 0.25) is 0 Å². The molecule has 0 bridgehead atoms. The Kier molecular flexibility index (Phi) is 4.41. The second kappa shape index (κ2) is 6.24. The molecule has 19 heavy (non-hydrogen) atoms. The highest BCUT2D eigenvalue weighted by molar-refractivity contribution is 7.99. The van der Waals surface area contributed by atoms with Gasteiger partial charge in [-0.05, 0) is 37.3 Å². The van der Waals surface area contributed by atoms with Crippen LogP contribution < -0.4 is 0 Å². The lowest BCUT2D eigenvalue weighted by atomic mass is 10.3. The highest BCUT2D eigenvalue weighted by Crippen LogP contribution is 2.28. The number of phenolic OH excluding ortho intramolecular Hbond substituents is 1. The van der Waals surface area contributed by atoms with E-state index < -0.39 is 0 Å². The fourth-order valence-electron chi connectivity index (χ4n) is 1.44. The Balaban J connectivity index is 2.08. The molecule has 1 aromatic carbocycles. The molecule has 0 aliphatic rings. The first kappa shape index (κ1) is 13.4. The van der Waals surface area contributed by atoms with E-state index in [4.69, 9.17) is 4.74 Å². The van der Waals surface area contributed by atoms with Crippen LogP contribution in [0.1, 0.15) is 17.3 Å². The Labute approximate surface area is 115 Å². The molecule has 2 aromatic rings. The molecular weight excluding hydrogens is 262 g/mol. The molecule has 5 heteroatoms. The van der Waals surface area contributed by atoms with Gasteiger partial charge in [-0.2, -0.15) is 0 Å². The van der Waals surface area contributed by atoms with Crippen LogP contribution in [0.4, 0.5) is 0 Å².